The van der Waals surface area contributed by atoms with Gasteiger partial charge in [0.25, 0.3) is 5.91 Å². The minimum atomic E-state index is -0.485. The summed E-state index contributed by atoms with van der Waals surface area (Å²) in [5.41, 5.74) is 3.73. The van der Waals surface area contributed by atoms with Crippen molar-refractivity contribution < 1.29 is 19.0 Å². The third-order valence-electron chi connectivity index (χ3n) is 10.1. The second-order valence-corrected chi connectivity index (χ2v) is 14.5. The topological polar surface area (TPSA) is 60.0 Å². The summed E-state index contributed by atoms with van der Waals surface area (Å²) in [4.78, 5) is 17.0. The van der Waals surface area contributed by atoms with Crippen molar-refractivity contribution in [3.05, 3.63) is 64.7 Å². The SMILES string of the molecule is CCCc1cc(Cl)ccc1C1COc2ccc3cc2N(C1)CC1CCC1C(OC)/C=C/CC(C)C(OC1CCC1)C(=O)NS3. The summed E-state index contributed by atoms with van der Waals surface area (Å²) in [6.07, 6.45) is 12.6. The monoisotopic (exact) mass is 638 g/mol. The van der Waals surface area contributed by atoms with E-state index in [0.29, 0.717) is 18.4 Å². The maximum atomic E-state index is 13.5. The normalized spacial score (nSPS) is 30.2. The molecule has 1 N–H and O–H groups in total. The number of hydrogen-bond acceptors (Lipinski definition) is 6. The number of ether oxygens (including phenoxy) is 3. The van der Waals surface area contributed by atoms with Gasteiger partial charge in [0.1, 0.15) is 11.9 Å². The molecule has 6 rings (SSSR count). The largest absolute Gasteiger partial charge is 0.491 e. The number of nitrogens with one attached hydrogen (secondary N) is 1. The fraction of sp³-hybridized carbons (Fsp3) is 0.583. The number of carbonyl (C=O) groups is 1. The average molecular weight is 639 g/mol. The van der Waals surface area contributed by atoms with E-state index in [0.717, 1.165) is 73.0 Å². The first-order valence-corrected chi connectivity index (χ1v) is 17.7. The summed E-state index contributed by atoms with van der Waals surface area (Å²) in [5, 5.41) is 0.787. The van der Waals surface area contributed by atoms with Crippen LogP contribution in [0.4, 0.5) is 5.69 Å². The molecule has 6 atom stereocenters. The Morgan fingerprint density at radius 2 is 1.98 bits per heavy atom. The molecule has 0 radical (unpaired) electrons. The van der Waals surface area contributed by atoms with Crippen LogP contribution in [0.3, 0.4) is 0 Å². The minimum absolute atomic E-state index is 0.0569. The summed E-state index contributed by atoms with van der Waals surface area (Å²) in [5.74, 6) is 2.09. The lowest BCUT2D eigenvalue weighted by atomic mass is 9.70. The van der Waals surface area contributed by atoms with E-state index in [1.807, 2.05) is 13.2 Å². The first kappa shape index (κ1) is 31.8. The van der Waals surface area contributed by atoms with Crippen LogP contribution in [0.15, 0.2) is 53.4 Å². The van der Waals surface area contributed by atoms with E-state index in [9.17, 15) is 4.79 Å². The highest BCUT2D eigenvalue weighted by Gasteiger charge is 2.39. The Morgan fingerprint density at radius 1 is 1.11 bits per heavy atom. The van der Waals surface area contributed by atoms with Gasteiger partial charge in [0.05, 0.1) is 24.5 Å². The Morgan fingerprint density at radius 3 is 2.70 bits per heavy atom. The van der Waals surface area contributed by atoms with Crippen LogP contribution in [0.5, 0.6) is 5.75 Å². The van der Waals surface area contributed by atoms with Gasteiger partial charge < -0.3 is 19.1 Å². The number of hydrogen-bond donors (Lipinski definition) is 1. The Kier molecular flexibility index (Phi) is 10.5. The Hall–Kier alpha value is -2.19. The van der Waals surface area contributed by atoms with Crippen LogP contribution < -0.4 is 14.4 Å². The second kappa shape index (κ2) is 14.5. The van der Waals surface area contributed by atoms with E-state index in [4.69, 9.17) is 25.8 Å². The number of fused-ring (bicyclic) bond motifs is 2. The number of methoxy groups -OCH3 is 1. The van der Waals surface area contributed by atoms with Gasteiger partial charge in [-0.25, -0.2) is 0 Å². The molecule has 0 spiro atoms. The molecule has 2 aromatic rings. The number of aryl methyl sites for hydroxylation is 1. The summed E-state index contributed by atoms with van der Waals surface area (Å²) in [6.45, 7) is 6.75. The zero-order valence-electron chi connectivity index (χ0n) is 26.3. The fourth-order valence-electron chi connectivity index (χ4n) is 7.18. The molecule has 2 fully saturated rings. The van der Waals surface area contributed by atoms with Crippen LogP contribution in [0.2, 0.25) is 5.02 Å². The van der Waals surface area contributed by atoms with Crippen LogP contribution in [-0.2, 0) is 20.7 Å². The van der Waals surface area contributed by atoms with Crippen molar-refractivity contribution >= 4 is 35.1 Å². The fourth-order valence-corrected chi connectivity index (χ4v) is 8.01. The lowest BCUT2D eigenvalue weighted by Gasteiger charge is -2.43. The van der Waals surface area contributed by atoms with Gasteiger partial charge in [-0.05, 0) is 116 Å². The molecule has 0 aromatic heterocycles. The van der Waals surface area contributed by atoms with Gasteiger partial charge in [-0.1, -0.05) is 50.1 Å². The van der Waals surface area contributed by atoms with Gasteiger partial charge in [0.2, 0.25) is 0 Å². The second-order valence-electron chi connectivity index (χ2n) is 13.2. The van der Waals surface area contributed by atoms with Crippen molar-refractivity contribution in [2.24, 2.45) is 17.8 Å². The van der Waals surface area contributed by atoms with Gasteiger partial charge >= 0.3 is 0 Å². The number of carbonyl (C=O) groups excluding carboxylic acids is 1. The lowest BCUT2D eigenvalue weighted by molar-refractivity contribution is -0.143. The summed E-state index contributed by atoms with van der Waals surface area (Å²) in [6, 6.07) is 12.7. The molecule has 4 aliphatic rings. The van der Waals surface area contributed by atoms with Crippen LogP contribution >= 0.6 is 23.5 Å². The molecule has 8 heteroatoms. The van der Waals surface area contributed by atoms with Crippen LogP contribution in [0, 0.1) is 17.8 Å². The first-order valence-electron chi connectivity index (χ1n) is 16.5. The van der Waals surface area contributed by atoms with E-state index in [1.54, 1.807) is 0 Å². The number of anilines is 1. The molecule has 2 aliphatic heterocycles. The first-order chi connectivity index (χ1) is 21.4. The highest BCUT2D eigenvalue weighted by molar-refractivity contribution is 7.98. The van der Waals surface area contributed by atoms with Crippen molar-refractivity contribution in [3.63, 3.8) is 0 Å². The third kappa shape index (κ3) is 7.11. The Balaban J connectivity index is 1.32. The molecule has 2 bridgehead atoms. The number of amides is 1. The number of rotatable bonds is 6. The van der Waals surface area contributed by atoms with E-state index >= 15 is 0 Å². The van der Waals surface area contributed by atoms with Gasteiger partial charge in [-0.15, -0.1) is 0 Å². The molecule has 6 unspecified atom stereocenters. The van der Waals surface area contributed by atoms with E-state index in [-0.39, 0.29) is 30.0 Å². The maximum Gasteiger partial charge on any atom is 0.259 e. The number of allylic oxidation sites excluding steroid dienone is 1. The highest BCUT2D eigenvalue weighted by Crippen LogP contribution is 2.44. The molecule has 44 heavy (non-hydrogen) atoms. The summed E-state index contributed by atoms with van der Waals surface area (Å²) in [7, 11) is 1.83. The van der Waals surface area contributed by atoms with Crippen LogP contribution in [0.1, 0.15) is 75.8 Å². The molecular weight excluding hydrogens is 592 g/mol. The molecule has 1 amide bonds. The molecule has 2 saturated carbocycles. The standard InChI is InChI=1S/C36H47ClN2O4S/c1-4-7-24-18-27(37)13-16-30(24)26-21-39-20-25-12-15-31(25)33(41-3)11-5-8-23(2)35(43-28-9-6-10-28)36(40)38-44-29-14-17-34(42-22-26)32(39)19-29/h5,11,13-14,16-19,23,25-26,28,31,33,35H,4,6-10,12,15,20-22H2,1-3H3,(H,38,40)/b11-5+. The molecule has 6 nitrogen and oxygen atoms in total. The van der Waals surface area contributed by atoms with Gasteiger partial charge in [0, 0.05) is 36.0 Å². The van der Waals surface area contributed by atoms with Crippen molar-refractivity contribution in [2.45, 2.75) is 94.3 Å². The average Bonchev–Trinajstić information content (AvgIpc) is 3.16. The highest BCUT2D eigenvalue weighted by atomic mass is 35.5. The van der Waals surface area contributed by atoms with Crippen LogP contribution in [-0.4, -0.2) is 51.0 Å². The van der Waals surface area contributed by atoms with Crippen molar-refractivity contribution in [2.75, 3.05) is 31.7 Å². The van der Waals surface area contributed by atoms with Crippen LogP contribution in [0.25, 0.3) is 0 Å². The number of benzene rings is 2. The minimum Gasteiger partial charge on any atom is -0.491 e. The maximum absolute atomic E-state index is 13.5. The Bertz CT molecular complexity index is 1330. The van der Waals surface area contributed by atoms with E-state index < -0.39 is 6.10 Å². The van der Waals surface area contributed by atoms with Gasteiger partial charge in [-0.3, -0.25) is 9.52 Å². The van der Waals surface area contributed by atoms with E-state index in [2.05, 4.69) is 66.0 Å². The summed E-state index contributed by atoms with van der Waals surface area (Å²) < 4.78 is 22.1. The zero-order valence-corrected chi connectivity index (χ0v) is 27.9. The molecule has 238 valence electrons. The molecule has 2 aromatic carbocycles. The molecule has 2 aliphatic carbocycles. The van der Waals surface area contributed by atoms with Crippen molar-refractivity contribution in [1.82, 2.24) is 4.72 Å². The van der Waals surface area contributed by atoms with Crippen molar-refractivity contribution in [3.8, 4) is 5.75 Å². The van der Waals surface area contributed by atoms with Gasteiger partial charge in [0.15, 0.2) is 0 Å². The van der Waals surface area contributed by atoms with Crippen molar-refractivity contribution in [1.29, 1.82) is 0 Å². The van der Waals surface area contributed by atoms with E-state index in [1.165, 1.54) is 35.9 Å². The molecular formula is C36H47ClN2O4S. The summed E-state index contributed by atoms with van der Waals surface area (Å²) >= 11 is 7.82. The lowest BCUT2D eigenvalue weighted by Crippen LogP contribution is -2.44. The smallest absolute Gasteiger partial charge is 0.259 e. The Labute approximate surface area is 272 Å². The van der Waals surface area contributed by atoms with Gasteiger partial charge in [-0.2, -0.15) is 0 Å². The molecule has 2 heterocycles. The predicted molar refractivity (Wildman–Crippen MR) is 179 cm³/mol. The number of halogens is 1. The quantitative estimate of drug-likeness (QED) is 0.256. The number of nitrogens with zero attached hydrogens (tertiary/aromatic N) is 1. The zero-order chi connectivity index (χ0) is 30.6. The predicted octanol–water partition coefficient (Wildman–Crippen LogP) is 7.97. The molecule has 0 saturated heterocycles. The third-order valence-corrected chi connectivity index (χ3v) is 11.1.